The molecule has 3 saturated heterocycles. The Balaban J connectivity index is 0.750. The number of likely N-dealkylation sites (tertiary alicyclic amines) is 1. The summed E-state index contributed by atoms with van der Waals surface area (Å²) in [6.45, 7) is 8.09. The largest absolute Gasteiger partial charge is 0.489 e. The number of hydrogen-bond donors (Lipinski definition) is 2. The van der Waals surface area contributed by atoms with Crippen molar-refractivity contribution < 1.29 is 36.3 Å². The number of halogens is 5. The molecule has 2 amide bonds. The summed E-state index contributed by atoms with van der Waals surface area (Å²) in [5.74, 6) is -1.32. The molecule has 1 aromatic heterocycles. The molecule has 64 heavy (non-hydrogen) atoms. The number of alkyl halides is 3. The van der Waals surface area contributed by atoms with Gasteiger partial charge in [-0.2, -0.15) is 18.3 Å². The number of H-pyrrole nitrogens is 1. The summed E-state index contributed by atoms with van der Waals surface area (Å²) in [7, 11) is 0. The molecule has 12 nitrogen and oxygen atoms in total. The number of anilines is 1. The Kier molecular flexibility index (Phi) is 13.6. The molecule has 4 aromatic carbocycles. The first-order valence-corrected chi connectivity index (χ1v) is 21.6. The van der Waals surface area contributed by atoms with Gasteiger partial charge in [-0.15, -0.1) is 0 Å². The molecule has 4 heterocycles. The van der Waals surface area contributed by atoms with E-state index in [1.807, 2.05) is 18.2 Å². The van der Waals surface area contributed by atoms with Gasteiger partial charge in [-0.05, 0) is 91.5 Å². The zero-order valence-corrected chi connectivity index (χ0v) is 35.4. The Morgan fingerprint density at radius 2 is 1.42 bits per heavy atom. The monoisotopic (exact) mass is 886 g/mol. The summed E-state index contributed by atoms with van der Waals surface area (Å²) >= 11 is 0. The van der Waals surface area contributed by atoms with Crippen molar-refractivity contribution in [3.63, 3.8) is 0 Å². The van der Waals surface area contributed by atoms with Crippen LogP contribution in [-0.4, -0.2) is 125 Å². The van der Waals surface area contributed by atoms with E-state index in [2.05, 4.69) is 24.9 Å². The third-order valence-corrected chi connectivity index (χ3v) is 12.6. The lowest BCUT2D eigenvalue weighted by atomic mass is 9.96. The predicted molar refractivity (Wildman–Crippen MR) is 232 cm³/mol. The van der Waals surface area contributed by atoms with E-state index < -0.39 is 29.3 Å². The molecule has 338 valence electrons. The summed E-state index contributed by atoms with van der Waals surface area (Å²) in [6.07, 6.45) is -2.53. The predicted octanol–water partition coefficient (Wildman–Crippen LogP) is 5.79. The van der Waals surface area contributed by atoms with Gasteiger partial charge in [-0.3, -0.25) is 24.2 Å². The number of piperazine rings is 2. The first kappa shape index (κ1) is 44.7. The number of amides is 2. The maximum atomic E-state index is 15.0. The van der Waals surface area contributed by atoms with E-state index in [0.29, 0.717) is 85.1 Å². The molecule has 0 atom stereocenters. The molecule has 0 bridgehead atoms. The Labute approximate surface area is 367 Å². The summed E-state index contributed by atoms with van der Waals surface area (Å²) in [5.41, 5.74) is 7.33. The molecular formula is C47H51F5N8O4. The highest BCUT2D eigenvalue weighted by Crippen LogP contribution is 2.33. The molecule has 17 heteroatoms. The number of benzene rings is 4. The van der Waals surface area contributed by atoms with Crippen molar-refractivity contribution >= 4 is 28.3 Å². The van der Waals surface area contributed by atoms with Crippen molar-refractivity contribution in [1.29, 1.82) is 0 Å². The van der Waals surface area contributed by atoms with Gasteiger partial charge in [0, 0.05) is 88.5 Å². The first-order valence-electron chi connectivity index (χ1n) is 21.6. The normalized spacial score (nSPS) is 17.3. The number of fused-ring (bicyclic) bond motifs is 1. The quantitative estimate of drug-likeness (QED) is 0.118. The number of nitrogens with zero attached hydrogens (tertiary/aromatic N) is 6. The van der Waals surface area contributed by atoms with Gasteiger partial charge in [0.15, 0.2) is 0 Å². The van der Waals surface area contributed by atoms with E-state index in [1.165, 1.54) is 12.1 Å². The second kappa shape index (κ2) is 19.5. The molecule has 0 saturated carbocycles. The number of rotatable bonds is 12. The summed E-state index contributed by atoms with van der Waals surface area (Å²) in [4.78, 5) is 49.5. The SMILES string of the molecule is Nc1ccc(OCc2ccc(F)c(C(F)(F)F)c2)c(CN2CCN(CC3CCN(CC(=O)N4CCN(C(=O)c5cc(Cc6n[nH]c(=O)c7ccccc67)ccc5F)CC4)CC3)CC2)c1. The lowest BCUT2D eigenvalue weighted by Gasteiger charge is -2.39. The lowest BCUT2D eigenvalue weighted by molar-refractivity contribution is -0.140. The van der Waals surface area contributed by atoms with Crippen LogP contribution in [0.2, 0.25) is 0 Å². The highest BCUT2D eigenvalue weighted by Gasteiger charge is 2.34. The van der Waals surface area contributed by atoms with Crippen molar-refractivity contribution in [3.05, 3.63) is 134 Å². The Morgan fingerprint density at radius 3 is 2.16 bits per heavy atom. The van der Waals surface area contributed by atoms with E-state index in [1.54, 1.807) is 46.2 Å². The third kappa shape index (κ3) is 10.7. The van der Waals surface area contributed by atoms with Crippen LogP contribution in [0.4, 0.5) is 27.6 Å². The zero-order chi connectivity index (χ0) is 45.0. The fraction of sp³-hybridized carbons (Fsp3) is 0.404. The number of nitrogens with one attached hydrogen (secondary N) is 1. The fourth-order valence-electron chi connectivity index (χ4n) is 8.93. The smallest absolute Gasteiger partial charge is 0.419 e. The third-order valence-electron chi connectivity index (χ3n) is 12.6. The van der Waals surface area contributed by atoms with Gasteiger partial charge in [-0.1, -0.05) is 30.3 Å². The van der Waals surface area contributed by atoms with Crippen molar-refractivity contribution in [2.24, 2.45) is 5.92 Å². The number of aromatic nitrogens is 2. The second-order valence-corrected chi connectivity index (χ2v) is 17.0. The summed E-state index contributed by atoms with van der Waals surface area (Å²) < 4.78 is 74.5. The number of hydrogen-bond acceptors (Lipinski definition) is 9. The highest BCUT2D eigenvalue weighted by molar-refractivity contribution is 5.95. The van der Waals surface area contributed by atoms with Crippen molar-refractivity contribution in [2.75, 3.05) is 84.3 Å². The van der Waals surface area contributed by atoms with Crippen LogP contribution in [0, 0.1) is 17.6 Å². The van der Waals surface area contributed by atoms with Crippen LogP contribution in [-0.2, 0) is 30.5 Å². The van der Waals surface area contributed by atoms with E-state index >= 15 is 4.39 Å². The van der Waals surface area contributed by atoms with Crippen LogP contribution >= 0.6 is 0 Å². The Bertz CT molecular complexity index is 2530. The average Bonchev–Trinajstić information content (AvgIpc) is 3.29. The minimum absolute atomic E-state index is 0.0234. The van der Waals surface area contributed by atoms with Gasteiger partial charge in [0.2, 0.25) is 5.91 Å². The van der Waals surface area contributed by atoms with Crippen LogP contribution in [0.1, 0.15) is 51.1 Å². The van der Waals surface area contributed by atoms with Gasteiger partial charge in [-0.25, -0.2) is 13.9 Å². The van der Waals surface area contributed by atoms with Crippen LogP contribution in [0.15, 0.2) is 83.7 Å². The Hall–Kier alpha value is -5.91. The van der Waals surface area contributed by atoms with E-state index in [4.69, 9.17) is 10.5 Å². The first-order chi connectivity index (χ1) is 30.8. The summed E-state index contributed by atoms with van der Waals surface area (Å²) in [5, 5.41) is 7.93. The van der Waals surface area contributed by atoms with Gasteiger partial charge in [0.25, 0.3) is 11.5 Å². The fourth-order valence-corrected chi connectivity index (χ4v) is 8.93. The van der Waals surface area contributed by atoms with Gasteiger partial charge in [0.1, 0.15) is 24.0 Å². The van der Waals surface area contributed by atoms with Crippen LogP contribution in [0.3, 0.4) is 0 Å². The van der Waals surface area contributed by atoms with Gasteiger partial charge >= 0.3 is 6.18 Å². The molecule has 5 aromatic rings. The van der Waals surface area contributed by atoms with E-state index in [-0.39, 0.29) is 29.2 Å². The van der Waals surface area contributed by atoms with Crippen LogP contribution < -0.4 is 16.0 Å². The molecule has 0 spiro atoms. The number of aromatic amines is 1. The second-order valence-electron chi connectivity index (χ2n) is 17.0. The lowest BCUT2D eigenvalue weighted by Crippen LogP contribution is -2.53. The van der Waals surface area contributed by atoms with Gasteiger partial charge in [0.05, 0.1) is 28.8 Å². The zero-order valence-electron chi connectivity index (χ0n) is 35.4. The maximum Gasteiger partial charge on any atom is 0.419 e. The van der Waals surface area contributed by atoms with Crippen LogP contribution in [0.25, 0.3) is 10.8 Å². The number of carbonyl (C=O) groups is 2. The minimum atomic E-state index is -4.80. The van der Waals surface area contributed by atoms with E-state index in [0.717, 1.165) is 76.4 Å². The summed E-state index contributed by atoms with van der Waals surface area (Å²) in [6, 6.07) is 19.6. The maximum absolute atomic E-state index is 15.0. The number of nitrogen functional groups attached to an aromatic ring is 1. The number of carbonyl (C=O) groups excluding carboxylic acids is 2. The minimum Gasteiger partial charge on any atom is -0.489 e. The molecule has 3 aliphatic rings. The van der Waals surface area contributed by atoms with Crippen molar-refractivity contribution in [3.8, 4) is 5.75 Å². The standard InChI is InChI=1S/C47H51F5N8O4/c48-40-8-5-32(25-42-36-3-1-2-4-37(36)45(62)55-54-42)23-38(40)46(63)60-21-19-59(20-22-60)44(61)29-56-13-11-31(12-14-56)27-57-15-17-58(18-16-57)28-34-26-35(53)7-10-43(34)64-30-33-6-9-41(49)39(24-33)47(50,51)52/h1-10,23-24,26,31H,11-22,25,27-30,53H2,(H,55,62). The molecule has 0 aliphatic carbocycles. The molecule has 3 fully saturated rings. The van der Waals surface area contributed by atoms with Crippen LogP contribution in [0.5, 0.6) is 5.75 Å². The van der Waals surface area contributed by atoms with Gasteiger partial charge < -0.3 is 25.2 Å². The Morgan fingerprint density at radius 1 is 0.750 bits per heavy atom. The molecule has 0 radical (unpaired) electrons. The number of nitrogens with two attached hydrogens (primary N) is 1. The molecule has 3 N–H and O–H groups in total. The average molecular weight is 887 g/mol. The topological polar surface area (TPSA) is 131 Å². The van der Waals surface area contributed by atoms with Crippen molar-refractivity contribution in [1.82, 2.24) is 34.7 Å². The van der Waals surface area contributed by atoms with E-state index in [9.17, 15) is 31.9 Å². The molecule has 0 unspecified atom stereocenters. The highest BCUT2D eigenvalue weighted by atomic mass is 19.4. The molecular weight excluding hydrogens is 836 g/mol. The number of piperidine rings is 1. The molecule has 3 aliphatic heterocycles. The number of ether oxygens (including phenoxy) is 1. The molecule has 8 rings (SSSR count). The van der Waals surface area contributed by atoms with Crippen molar-refractivity contribution in [2.45, 2.75) is 38.6 Å².